The summed E-state index contributed by atoms with van der Waals surface area (Å²) in [6.07, 6.45) is 0. The molecule has 0 saturated heterocycles. The fourth-order valence-corrected chi connectivity index (χ4v) is 2.11. The predicted octanol–water partition coefficient (Wildman–Crippen LogP) is 2.46. The van der Waals surface area contributed by atoms with Crippen molar-refractivity contribution < 1.29 is 9.90 Å². The van der Waals surface area contributed by atoms with Gasteiger partial charge in [-0.25, -0.2) is 0 Å². The zero-order valence-electron chi connectivity index (χ0n) is 8.97. The Bertz CT molecular complexity index is 416. The Morgan fingerprint density at radius 2 is 1.93 bits per heavy atom. The molecule has 0 aliphatic rings. The van der Waals surface area contributed by atoms with Crippen LogP contribution >= 0.6 is 15.9 Å². The van der Waals surface area contributed by atoms with Gasteiger partial charge in [0.1, 0.15) is 6.04 Å². The van der Waals surface area contributed by atoms with E-state index in [1.165, 1.54) is 0 Å². The number of rotatable bonds is 2. The minimum Gasteiger partial charge on any atom is -0.480 e. The van der Waals surface area contributed by atoms with Crippen LogP contribution in [0.2, 0.25) is 0 Å². The number of halogens is 1. The molecule has 1 unspecified atom stereocenters. The molecule has 0 bridgehead atoms. The average Bonchev–Trinajstić information content (AvgIpc) is 2.14. The summed E-state index contributed by atoms with van der Waals surface area (Å²) < 4.78 is 0.930. The highest BCUT2D eigenvalue weighted by molar-refractivity contribution is 9.10. The molecule has 0 radical (unpaired) electrons. The number of hydrogen-bond acceptors (Lipinski definition) is 2. The molecule has 1 aromatic carbocycles. The molecule has 0 saturated carbocycles. The molecule has 15 heavy (non-hydrogen) atoms. The van der Waals surface area contributed by atoms with E-state index < -0.39 is 12.0 Å². The van der Waals surface area contributed by atoms with Gasteiger partial charge in [0.15, 0.2) is 0 Å². The second kappa shape index (κ2) is 4.33. The molecule has 0 heterocycles. The Kier molecular flexibility index (Phi) is 3.52. The zero-order valence-corrected chi connectivity index (χ0v) is 10.6. The Morgan fingerprint density at radius 3 is 2.40 bits per heavy atom. The van der Waals surface area contributed by atoms with Crippen molar-refractivity contribution >= 4 is 21.9 Å². The van der Waals surface area contributed by atoms with E-state index in [9.17, 15) is 4.79 Å². The normalized spacial score (nSPS) is 12.6. The number of aliphatic carboxylic acids is 1. The van der Waals surface area contributed by atoms with E-state index in [1.807, 2.05) is 26.8 Å². The van der Waals surface area contributed by atoms with Crippen molar-refractivity contribution in [2.45, 2.75) is 26.8 Å². The fourth-order valence-electron chi connectivity index (χ4n) is 1.78. The standard InChI is InChI=1S/C11H14BrNO2/c1-5-4-6(2)9(12)7(3)8(5)10(13)11(14)15/h4,10H,13H2,1-3H3,(H,14,15). The monoisotopic (exact) mass is 271 g/mol. The van der Waals surface area contributed by atoms with Crippen molar-refractivity contribution in [2.75, 3.05) is 0 Å². The van der Waals surface area contributed by atoms with Crippen molar-refractivity contribution in [2.24, 2.45) is 5.73 Å². The number of carbonyl (C=O) groups is 1. The van der Waals surface area contributed by atoms with Gasteiger partial charge in [-0.3, -0.25) is 4.79 Å². The molecule has 0 aliphatic carbocycles. The summed E-state index contributed by atoms with van der Waals surface area (Å²) in [7, 11) is 0. The Morgan fingerprint density at radius 1 is 1.40 bits per heavy atom. The zero-order chi connectivity index (χ0) is 11.7. The molecule has 0 aliphatic heterocycles. The van der Waals surface area contributed by atoms with Crippen LogP contribution in [0.1, 0.15) is 28.3 Å². The first-order valence-electron chi connectivity index (χ1n) is 4.60. The third-order valence-corrected chi connectivity index (χ3v) is 3.73. The first kappa shape index (κ1) is 12.2. The largest absolute Gasteiger partial charge is 0.480 e. The van der Waals surface area contributed by atoms with Gasteiger partial charge in [0.2, 0.25) is 0 Å². The average molecular weight is 272 g/mol. The van der Waals surface area contributed by atoms with Gasteiger partial charge < -0.3 is 10.8 Å². The molecule has 0 fully saturated rings. The lowest BCUT2D eigenvalue weighted by Gasteiger charge is -2.16. The molecule has 1 aromatic rings. The maximum Gasteiger partial charge on any atom is 0.325 e. The van der Waals surface area contributed by atoms with Gasteiger partial charge >= 0.3 is 5.97 Å². The highest BCUT2D eigenvalue weighted by Crippen LogP contribution is 2.30. The highest BCUT2D eigenvalue weighted by Gasteiger charge is 2.20. The maximum absolute atomic E-state index is 10.9. The number of nitrogens with two attached hydrogens (primary N) is 1. The van der Waals surface area contributed by atoms with Crippen molar-refractivity contribution in [3.63, 3.8) is 0 Å². The molecular formula is C11H14BrNO2. The Hall–Kier alpha value is -0.870. The van der Waals surface area contributed by atoms with Gasteiger partial charge in [0.05, 0.1) is 0 Å². The summed E-state index contributed by atoms with van der Waals surface area (Å²) in [6.45, 7) is 5.73. The first-order valence-corrected chi connectivity index (χ1v) is 5.40. The van der Waals surface area contributed by atoms with Gasteiger partial charge in [0, 0.05) is 4.47 Å². The topological polar surface area (TPSA) is 63.3 Å². The summed E-state index contributed by atoms with van der Waals surface area (Å²) in [5, 5.41) is 8.90. The summed E-state index contributed by atoms with van der Waals surface area (Å²) in [5.41, 5.74) is 9.25. The van der Waals surface area contributed by atoms with Gasteiger partial charge in [-0.1, -0.05) is 22.0 Å². The molecule has 1 rings (SSSR count). The SMILES string of the molecule is Cc1cc(C)c(C(N)C(=O)O)c(C)c1Br. The molecule has 4 heteroatoms. The van der Waals surface area contributed by atoms with E-state index in [4.69, 9.17) is 10.8 Å². The smallest absolute Gasteiger partial charge is 0.325 e. The fraction of sp³-hybridized carbons (Fsp3) is 0.364. The summed E-state index contributed by atoms with van der Waals surface area (Å²) in [5.74, 6) is -1.00. The van der Waals surface area contributed by atoms with Crippen molar-refractivity contribution in [1.29, 1.82) is 0 Å². The number of carboxylic acids is 1. The van der Waals surface area contributed by atoms with E-state index in [-0.39, 0.29) is 0 Å². The molecular weight excluding hydrogens is 258 g/mol. The lowest BCUT2D eigenvalue weighted by molar-refractivity contribution is -0.138. The van der Waals surface area contributed by atoms with Crippen molar-refractivity contribution in [3.8, 4) is 0 Å². The van der Waals surface area contributed by atoms with Crippen molar-refractivity contribution in [3.05, 3.63) is 32.8 Å². The van der Waals surface area contributed by atoms with Gasteiger partial charge in [-0.2, -0.15) is 0 Å². The molecule has 3 N–H and O–H groups in total. The van der Waals surface area contributed by atoms with Crippen LogP contribution in [0.5, 0.6) is 0 Å². The number of aryl methyl sites for hydroxylation is 2. The molecule has 1 atom stereocenters. The van der Waals surface area contributed by atoms with Crippen LogP contribution in [0.15, 0.2) is 10.5 Å². The van der Waals surface area contributed by atoms with Crippen LogP contribution in [-0.4, -0.2) is 11.1 Å². The third-order valence-electron chi connectivity index (χ3n) is 2.51. The Balaban J connectivity index is 3.42. The van der Waals surface area contributed by atoms with Crippen molar-refractivity contribution in [1.82, 2.24) is 0 Å². The van der Waals surface area contributed by atoms with Crippen LogP contribution in [0.3, 0.4) is 0 Å². The van der Waals surface area contributed by atoms with Crippen LogP contribution in [0.25, 0.3) is 0 Å². The highest BCUT2D eigenvalue weighted by atomic mass is 79.9. The van der Waals surface area contributed by atoms with E-state index in [2.05, 4.69) is 15.9 Å². The lowest BCUT2D eigenvalue weighted by Crippen LogP contribution is -2.23. The van der Waals surface area contributed by atoms with E-state index >= 15 is 0 Å². The second-order valence-electron chi connectivity index (χ2n) is 3.68. The maximum atomic E-state index is 10.9. The number of carboxylic acid groups (broad SMARTS) is 1. The molecule has 0 amide bonds. The van der Waals surface area contributed by atoms with Crippen LogP contribution < -0.4 is 5.73 Å². The minimum atomic E-state index is -1.00. The third kappa shape index (κ3) is 2.21. The van der Waals surface area contributed by atoms with E-state index in [0.29, 0.717) is 5.56 Å². The number of benzene rings is 1. The van der Waals surface area contributed by atoms with E-state index in [0.717, 1.165) is 21.2 Å². The van der Waals surface area contributed by atoms with Gasteiger partial charge in [-0.15, -0.1) is 0 Å². The summed E-state index contributed by atoms with van der Waals surface area (Å²) >= 11 is 3.43. The van der Waals surface area contributed by atoms with E-state index in [1.54, 1.807) is 0 Å². The molecule has 0 aromatic heterocycles. The minimum absolute atomic E-state index is 0.694. The van der Waals surface area contributed by atoms with Crippen LogP contribution in [-0.2, 0) is 4.79 Å². The van der Waals surface area contributed by atoms with Gasteiger partial charge in [-0.05, 0) is 43.0 Å². The molecule has 0 spiro atoms. The molecule has 3 nitrogen and oxygen atoms in total. The molecule has 82 valence electrons. The number of hydrogen-bond donors (Lipinski definition) is 2. The Labute approximate surface area is 97.4 Å². The second-order valence-corrected chi connectivity index (χ2v) is 4.47. The van der Waals surface area contributed by atoms with Crippen LogP contribution in [0, 0.1) is 20.8 Å². The predicted molar refractivity (Wildman–Crippen MR) is 62.9 cm³/mol. The first-order chi connectivity index (χ1) is 6.86. The quantitative estimate of drug-likeness (QED) is 0.869. The van der Waals surface area contributed by atoms with Gasteiger partial charge in [0.25, 0.3) is 0 Å². The lowest BCUT2D eigenvalue weighted by atomic mass is 9.94. The van der Waals surface area contributed by atoms with Crippen LogP contribution in [0.4, 0.5) is 0 Å². The summed E-state index contributed by atoms with van der Waals surface area (Å²) in [6, 6.07) is 0.983. The summed E-state index contributed by atoms with van der Waals surface area (Å²) in [4.78, 5) is 10.9.